The van der Waals surface area contributed by atoms with Crippen LogP contribution in [0.25, 0.3) is 0 Å². The average Bonchev–Trinajstić information content (AvgIpc) is 2.15. The van der Waals surface area contributed by atoms with Crippen LogP contribution in [0.4, 0.5) is 4.39 Å². The Morgan fingerprint density at radius 3 is 2.87 bits per heavy atom. The summed E-state index contributed by atoms with van der Waals surface area (Å²) in [4.78, 5) is 0. The van der Waals surface area contributed by atoms with Gasteiger partial charge in [-0.3, -0.25) is 0 Å². The van der Waals surface area contributed by atoms with Gasteiger partial charge in [0, 0.05) is 6.07 Å². The Labute approximate surface area is 89.4 Å². The summed E-state index contributed by atoms with van der Waals surface area (Å²) < 4.78 is 18.6. The molecule has 1 heterocycles. The largest absolute Gasteiger partial charge is 0.493 e. The Morgan fingerprint density at radius 1 is 1.47 bits per heavy atom. The molecular weight excluding hydrogens is 193 g/mol. The van der Waals surface area contributed by atoms with Gasteiger partial charge < -0.3 is 10.1 Å². The molecule has 3 heteroatoms. The summed E-state index contributed by atoms with van der Waals surface area (Å²) in [5.74, 6) is 1.17. The summed E-state index contributed by atoms with van der Waals surface area (Å²) in [6.45, 7) is 4.60. The van der Waals surface area contributed by atoms with Crippen LogP contribution in [0.2, 0.25) is 0 Å². The number of hydrogen-bond acceptors (Lipinski definition) is 2. The highest BCUT2D eigenvalue weighted by atomic mass is 19.1. The molecule has 1 aromatic carbocycles. The standard InChI is InChI=1S/C12H16FNO/c1-9-2-3-11(6-12(9)13)15-5-4-10-7-14-8-10/h2-3,6,10,14H,4-5,7-8H2,1H3. The van der Waals surface area contributed by atoms with Crippen LogP contribution in [0, 0.1) is 18.7 Å². The molecule has 0 spiro atoms. The van der Waals surface area contributed by atoms with Gasteiger partial charge in [-0.15, -0.1) is 0 Å². The molecule has 0 bridgehead atoms. The topological polar surface area (TPSA) is 21.3 Å². The van der Waals surface area contributed by atoms with E-state index in [4.69, 9.17) is 4.74 Å². The van der Waals surface area contributed by atoms with Gasteiger partial charge in [0.05, 0.1) is 6.61 Å². The third kappa shape index (κ3) is 2.69. The minimum atomic E-state index is -0.196. The van der Waals surface area contributed by atoms with Gasteiger partial charge in [-0.25, -0.2) is 4.39 Å². The van der Waals surface area contributed by atoms with Crippen molar-refractivity contribution in [2.45, 2.75) is 13.3 Å². The maximum atomic E-state index is 13.2. The van der Waals surface area contributed by atoms with Crippen LogP contribution >= 0.6 is 0 Å². The van der Waals surface area contributed by atoms with Gasteiger partial charge in [0.2, 0.25) is 0 Å². The van der Waals surface area contributed by atoms with E-state index in [1.165, 1.54) is 6.07 Å². The SMILES string of the molecule is Cc1ccc(OCCC2CNC2)cc1F. The normalized spacial score (nSPS) is 16.1. The van der Waals surface area contributed by atoms with Crippen LogP contribution in [-0.4, -0.2) is 19.7 Å². The first-order valence-corrected chi connectivity index (χ1v) is 5.35. The van der Waals surface area contributed by atoms with E-state index in [1.54, 1.807) is 13.0 Å². The number of hydrogen-bond donors (Lipinski definition) is 1. The predicted octanol–water partition coefficient (Wildman–Crippen LogP) is 2.12. The molecule has 1 aliphatic rings. The van der Waals surface area contributed by atoms with E-state index in [-0.39, 0.29) is 5.82 Å². The van der Waals surface area contributed by atoms with E-state index in [1.807, 2.05) is 6.07 Å². The minimum absolute atomic E-state index is 0.196. The maximum Gasteiger partial charge on any atom is 0.129 e. The number of aryl methyl sites for hydroxylation is 1. The van der Waals surface area contributed by atoms with Gasteiger partial charge in [-0.2, -0.15) is 0 Å². The molecular formula is C12H16FNO. The molecule has 15 heavy (non-hydrogen) atoms. The molecule has 1 aromatic rings. The first-order valence-electron chi connectivity index (χ1n) is 5.35. The van der Waals surface area contributed by atoms with Gasteiger partial charge in [0.25, 0.3) is 0 Å². The summed E-state index contributed by atoms with van der Waals surface area (Å²) >= 11 is 0. The fourth-order valence-corrected chi connectivity index (χ4v) is 1.56. The van der Waals surface area contributed by atoms with Crippen molar-refractivity contribution in [3.05, 3.63) is 29.6 Å². The fourth-order valence-electron chi connectivity index (χ4n) is 1.56. The maximum absolute atomic E-state index is 13.2. The molecule has 0 aromatic heterocycles. The number of nitrogens with one attached hydrogen (secondary N) is 1. The lowest BCUT2D eigenvalue weighted by atomic mass is 10.0. The fraction of sp³-hybridized carbons (Fsp3) is 0.500. The van der Waals surface area contributed by atoms with Crippen molar-refractivity contribution in [2.75, 3.05) is 19.7 Å². The zero-order chi connectivity index (χ0) is 10.7. The summed E-state index contributed by atoms with van der Waals surface area (Å²) in [5.41, 5.74) is 0.658. The number of benzene rings is 1. The van der Waals surface area contributed by atoms with Crippen LogP contribution in [0.15, 0.2) is 18.2 Å². The molecule has 1 fully saturated rings. The van der Waals surface area contributed by atoms with Gasteiger partial charge in [0.15, 0.2) is 0 Å². The highest BCUT2D eigenvalue weighted by molar-refractivity contribution is 5.27. The van der Waals surface area contributed by atoms with Gasteiger partial charge >= 0.3 is 0 Å². The van der Waals surface area contributed by atoms with Crippen molar-refractivity contribution in [1.82, 2.24) is 5.32 Å². The van der Waals surface area contributed by atoms with Crippen LogP contribution in [0.3, 0.4) is 0 Å². The molecule has 1 N–H and O–H groups in total. The second kappa shape index (κ2) is 4.62. The summed E-state index contributed by atoms with van der Waals surface area (Å²) in [5, 5.41) is 3.21. The van der Waals surface area contributed by atoms with E-state index >= 15 is 0 Å². The van der Waals surface area contributed by atoms with Crippen LogP contribution < -0.4 is 10.1 Å². The third-order valence-corrected chi connectivity index (χ3v) is 2.80. The van der Waals surface area contributed by atoms with Crippen LogP contribution in [0.1, 0.15) is 12.0 Å². The van der Waals surface area contributed by atoms with Gasteiger partial charge in [0.1, 0.15) is 11.6 Å². The molecule has 0 unspecified atom stereocenters. The summed E-state index contributed by atoms with van der Waals surface area (Å²) in [7, 11) is 0. The third-order valence-electron chi connectivity index (χ3n) is 2.80. The van der Waals surface area contributed by atoms with Crippen molar-refractivity contribution in [2.24, 2.45) is 5.92 Å². The lowest BCUT2D eigenvalue weighted by Gasteiger charge is -2.26. The number of ether oxygens (including phenoxy) is 1. The lowest BCUT2D eigenvalue weighted by Crippen LogP contribution is -2.42. The van der Waals surface area contributed by atoms with Crippen molar-refractivity contribution >= 4 is 0 Å². The quantitative estimate of drug-likeness (QED) is 0.820. The smallest absolute Gasteiger partial charge is 0.129 e. The van der Waals surface area contributed by atoms with Crippen LogP contribution in [0.5, 0.6) is 5.75 Å². The van der Waals surface area contributed by atoms with Gasteiger partial charge in [-0.05, 0) is 44.0 Å². The molecule has 0 aliphatic carbocycles. The highest BCUT2D eigenvalue weighted by Gasteiger charge is 2.15. The molecule has 82 valence electrons. The zero-order valence-corrected chi connectivity index (χ0v) is 8.92. The van der Waals surface area contributed by atoms with E-state index in [2.05, 4.69) is 5.32 Å². The van der Waals surface area contributed by atoms with E-state index < -0.39 is 0 Å². The Morgan fingerprint density at radius 2 is 2.27 bits per heavy atom. The average molecular weight is 209 g/mol. The summed E-state index contributed by atoms with van der Waals surface area (Å²) in [6, 6.07) is 5.02. The summed E-state index contributed by atoms with van der Waals surface area (Å²) in [6.07, 6.45) is 1.04. The minimum Gasteiger partial charge on any atom is -0.493 e. The van der Waals surface area contributed by atoms with Gasteiger partial charge in [-0.1, -0.05) is 6.07 Å². The Balaban J connectivity index is 1.79. The molecule has 2 rings (SSSR count). The van der Waals surface area contributed by atoms with Crippen molar-refractivity contribution < 1.29 is 9.13 Å². The second-order valence-corrected chi connectivity index (χ2v) is 4.07. The van der Waals surface area contributed by atoms with Crippen molar-refractivity contribution in [1.29, 1.82) is 0 Å². The second-order valence-electron chi connectivity index (χ2n) is 4.07. The number of rotatable bonds is 4. The Kier molecular flexibility index (Phi) is 3.21. The molecule has 1 saturated heterocycles. The lowest BCUT2D eigenvalue weighted by molar-refractivity contribution is 0.238. The Hall–Kier alpha value is -1.09. The molecule has 0 radical (unpaired) electrons. The van der Waals surface area contributed by atoms with E-state index in [9.17, 15) is 4.39 Å². The zero-order valence-electron chi connectivity index (χ0n) is 8.92. The number of halogens is 1. The first-order chi connectivity index (χ1) is 7.25. The van der Waals surface area contributed by atoms with Crippen molar-refractivity contribution in [3.63, 3.8) is 0 Å². The molecule has 0 atom stereocenters. The van der Waals surface area contributed by atoms with Crippen LogP contribution in [-0.2, 0) is 0 Å². The first kappa shape index (κ1) is 10.4. The predicted molar refractivity (Wildman–Crippen MR) is 57.6 cm³/mol. The van der Waals surface area contributed by atoms with E-state index in [0.717, 1.165) is 25.4 Å². The van der Waals surface area contributed by atoms with Crippen molar-refractivity contribution in [3.8, 4) is 5.75 Å². The molecule has 0 amide bonds. The molecule has 2 nitrogen and oxygen atoms in total. The molecule has 1 aliphatic heterocycles. The Bertz CT molecular complexity index is 336. The monoisotopic (exact) mass is 209 g/mol. The molecule has 0 saturated carbocycles. The highest BCUT2D eigenvalue weighted by Crippen LogP contribution is 2.17. The van der Waals surface area contributed by atoms with E-state index in [0.29, 0.717) is 17.9 Å².